The lowest BCUT2D eigenvalue weighted by atomic mass is 9.94. The largest absolute Gasteiger partial charge is 0.493 e. The monoisotopic (exact) mass is 327 g/mol. The maximum atomic E-state index is 11.3. The van der Waals surface area contributed by atoms with Gasteiger partial charge in [-0.2, -0.15) is 0 Å². The van der Waals surface area contributed by atoms with E-state index in [9.17, 15) is 9.90 Å². The van der Waals surface area contributed by atoms with Gasteiger partial charge in [0, 0.05) is 24.9 Å². The SMILES string of the molecule is COc1ccc2c(c1OCCc1ccccc1)C[C@@H](C(=O)O)NC2. The van der Waals surface area contributed by atoms with Gasteiger partial charge in [-0.15, -0.1) is 0 Å². The second-order valence-electron chi connectivity index (χ2n) is 5.79. The summed E-state index contributed by atoms with van der Waals surface area (Å²) in [4.78, 5) is 11.3. The number of methoxy groups -OCH3 is 1. The van der Waals surface area contributed by atoms with Crippen LogP contribution in [0.25, 0.3) is 0 Å². The van der Waals surface area contributed by atoms with Crippen LogP contribution in [0.1, 0.15) is 16.7 Å². The Labute approximate surface area is 141 Å². The second-order valence-corrected chi connectivity index (χ2v) is 5.79. The van der Waals surface area contributed by atoms with Crippen molar-refractivity contribution in [3.05, 3.63) is 59.2 Å². The fourth-order valence-corrected chi connectivity index (χ4v) is 2.96. The number of carbonyl (C=O) groups is 1. The predicted molar refractivity (Wildman–Crippen MR) is 90.6 cm³/mol. The Morgan fingerprint density at radius 3 is 2.75 bits per heavy atom. The van der Waals surface area contributed by atoms with Crippen LogP contribution >= 0.6 is 0 Å². The van der Waals surface area contributed by atoms with Gasteiger partial charge in [-0.1, -0.05) is 36.4 Å². The van der Waals surface area contributed by atoms with E-state index < -0.39 is 12.0 Å². The molecule has 0 aliphatic carbocycles. The van der Waals surface area contributed by atoms with Gasteiger partial charge < -0.3 is 19.9 Å². The summed E-state index contributed by atoms with van der Waals surface area (Å²) in [6.45, 7) is 1.04. The minimum atomic E-state index is -0.848. The highest BCUT2D eigenvalue weighted by Gasteiger charge is 2.27. The van der Waals surface area contributed by atoms with E-state index in [0.29, 0.717) is 31.1 Å². The van der Waals surface area contributed by atoms with Crippen molar-refractivity contribution in [3.8, 4) is 11.5 Å². The number of benzene rings is 2. The molecule has 0 fully saturated rings. The van der Waals surface area contributed by atoms with Crippen molar-refractivity contribution in [2.75, 3.05) is 13.7 Å². The average molecular weight is 327 g/mol. The first kappa shape index (κ1) is 16.3. The lowest BCUT2D eigenvalue weighted by Gasteiger charge is -2.26. The van der Waals surface area contributed by atoms with Gasteiger partial charge in [0.2, 0.25) is 0 Å². The summed E-state index contributed by atoms with van der Waals surface area (Å²) in [6, 6.07) is 13.4. The highest BCUT2D eigenvalue weighted by Crippen LogP contribution is 2.36. The molecule has 0 radical (unpaired) electrons. The van der Waals surface area contributed by atoms with Gasteiger partial charge in [-0.25, -0.2) is 0 Å². The van der Waals surface area contributed by atoms with Crippen molar-refractivity contribution < 1.29 is 19.4 Å². The molecule has 24 heavy (non-hydrogen) atoms. The van der Waals surface area contributed by atoms with Crippen LogP contribution in [-0.4, -0.2) is 30.8 Å². The Morgan fingerprint density at radius 1 is 1.25 bits per heavy atom. The molecule has 0 saturated carbocycles. The summed E-state index contributed by atoms with van der Waals surface area (Å²) in [5.74, 6) is 0.463. The summed E-state index contributed by atoms with van der Waals surface area (Å²) in [6.07, 6.45) is 1.18. The summed E-state index contributed by atoms with van der Waals surface area (Å²) in [7, 11) is 1.60. The Bertz CT molecular complexity index is 715. The zero-order chi connectivity index (χ0) is 16.9. The molecule has 3 rings (SSSR count). The zero-order valence-corrected chi connectivity index (χ0v) is 13.6. The highest BCUT2D eigenvalue weighted by molar-refractivity contribution is 5.75. The number of aliphatic carboxylic acids is 1. The predicted octanol–water partition coefficient (Wildman–Crippen LogP) is 2.42. The third kappa shape index (κ3) is 3.51. The van der Waals surface area contributed by atoms with Crippen LogP contribution in [0.5, 0.6) is 11.5 Å². The molecule has 1 aliphatic heterocycles. The molecule has 0 spiro atoms. The number of fused-ring (bicyclic) bond motifs is 1. The normalized spacial score (nSPS) is 16.3. The van der Waals surface area contributed by atoms with E-state index in [1.807, 2.05) is 30.3 Å². The highest BCUT2D eigenvalue weighted by atomic mass is 16.5. The molecule has 0 saturated heterocycles. The van der Waals surface area contributed by atoms with Crippen LogP contribution in [0.15, 0.2) is 42.5 Å². The molecule has 2 N–H and O–H groups in total. The van der Waals surface area contributed by atoms with Gasteiger partial charge in [0.05, 0.1) is 13.7 Å². The van der Waals surface area contributed by atoms with E-state index in [2.05, 4.69) is 17.4 Å². The molecule has 0 unspecified atom stereocenters. The minimum absolute atomic E-state index is 0.391. The van der Waals surface area contributed by atoms with Crippen LogP contribution in [-0.2, 0) is 24.2 Å². The Hall–Kier alpha value is -2.53. The van der Waals surface area contributed by atoms with E-state index in [1.54, 1.807) is 7.11 Å². The van der Waals surface area contributed by atoms with Gasteiger partial charge in [0.1, 0.15) is 6.04 Å². The number of rotatable bonds is 6. The fourth-order valence-electron chi connectivity index (χ4n) is 2.96. The number of nitrogens with one attached hydrogen (secondary N) is 1. The van der Waals surface area contributed by atoms with Crippen LogP contribution in [0.2, 0.25) is 0 Å². The molecule has 126 valence electrons. The van der Waals surface area contributed by atoms with Crippen molar-refractivity contribution >= 4 is 5.97 Å². The standard InChI is InChI=1S/C19H21NO4/c1-23-17-8-7-14-12-20-16(19(21)22)11-15(14)18(17)24-10-9-13-5-3-2-4-6-13/h2-8,16,20H,9-12H2,1H3,(H,21,22)/t16-/m0/s1. The third-order valence-electron chi connectivity index (χ3n) is 4.27. The zero-order valence-electron chi connectivity index (χ0n) is 13.6. The lowest BCUT2D eigenvalue weighted by Crippen LogP contribution is -2.41. The molecule has 5 nitrogen and oxygen atoms in total. The number of hydrogen-bond acceptors (Lipinski definition) is 4. The molecule has 0 amide bonds. The third-order valence-corrected chi connectivity index (χ3v) is 4.27. The van der Waals surface area contributed by atoms with Crippen LogP contribution in [0.4, 0.5) is 0 Å². The van der Waals surface area contributed by atoms with Crippen molar-refractivity contribution in [1.29, 1.82) is 0 Å². The lowest BCUT2D eigenvalue weighted by molar-refractivity contribution is -0.139. The van der Waals surface area contributed by atoms with Gasteiger partial charge in [0.25, 0.3) is 0 Å². The van der Waals surface area contributed by atoms with Crippen LogP contribution in [0, 0.1) is 0 Å². The van der Waals surface area contributed by atoms with Gasteiger partial charge in [-0.05, 0) is 17.2 Å². The van der Waals surface area contributed by atoms with Gasteiger partial charge >= 0.3 is 5.97 Å². The summed E-state index contributed by atoms with van der Waals surface area (Å²) < 4.78 is 11.4. The summed E-state index contributed by atoms with van der Waals surface area (Å²) >= 11 is 0. The van der Waals surface area contributed by atoms with Crippen molar-refractivity contribution in [3.63, 3.8) is 0 Å². The van der Waals surface area contributed by atoms with E-state index in [1.165, 1.54) is 5.56 Å². The smallest absolute Gasteiger partial charge is 0.321 e. The number of hydrogen-bond donors (Lipinski definition) is 2. The Kier molecular flexibility index (Phi) is 5.01. The molecular weight excluding hydrogens is 306 g/mol. The van der Waals surface area contributed by atoms with Gasteiger partial charge in [-0.3, -0.25) is 4.79 Å². The Balaban J connectivity index is 1.79. The summed E-state index contributed by atoms with van der Waals surface area (Å²) in [5, 5.41) is 12.3. The molecule has 1 aliphatic rings. The fraction of sp³-hybridized carbons (Fsp3) is 0.316. The molecule has 0 aromatic heterocycles. The summed E-state index contributed by atoms with van der Waals surface area (Å²) in [5.41, 5.74) is 3.18. The first-order valence-corrected chi connectivity index (χ1v) is 8.00. The van der Waals surface area contributed by atoms with E-state index in [0.717, 1.165) is 17.5 Å². The molecular formula is C19H21NO4. The first-order valence-electron chi connectivity index (χ1n) is 8.00. The van der Waals surface area contributed by atoms with E-state index in [-0.39, 0.29) is 0 Å². The molecule has 1 heterocycles. The van der Waals surface area contributed by atoms with Crippen molar-refractivity contribution in [2.45, 2.75) is 25.4 Å². The number of ether oxygens (including phenoxy) is 2. The van der Waals surface area contributed by atoms with E-state index in [4.69, 9.17) is 9.47 Å². The van der Waals surface area contributed by atoms with Crippen molar-refractivity contribution in [2.24, 2.45) is 0 Å². The molecule has 1 atom stereocenters. The van der Waals surface area contributed by atoms with Crippen LogP contribution < -0.4 is 14.8 Å². The Morgan fingerprint density at radius 2 is 2.04 bits per heavy atom. The number of carboxylic acid groups (broad SMARTS) is 1. The topological polar surface area (TPSA) is 67.8 Å². The maximum absolute atomic E-state index is 11.3. The quantitative estimate of drug-likeness (QED) is 0.853. The first-order chi connectivity index (χ1) is 11.7. The van der Waals surface area contributed by atoms with Crippen molar-refractivity contribution in [1.82, 2.24) is 5.32 Å². The minimum Gasteiger partial charge on any atom is -0.493 e. The van der Waals surface area contributed by atoms with E-state index >= 15 is 0 Å². The van der Waals surface area contributed by atoms with Gasteiger partial charge in [0.15, 0.2) is 11.5 Å². The van der Waals surface area contributed by atoms with Crippen LogP contribution in [0.3, 0.4) is 0 Å². The molecule has 0 bridgehead atoms. The molecule has 5 heteroatoms. The maximum Gasteiger partial charge on any atom is 0.321 e. The second kappa shape index (κ2) is 7.36. The molecule has 2 aromatic carbocycles. The average Bonchev–Trinajstić information content (AvgIpc) is 2.62. The molecule has 2 aromatic rings. The number of carboxylic acids is 1.